The third-order valence-corrected chi connectivity index (χ3v) is 2.88. The number of rotatable bonds is 0. The minimum absolute atomic E-state index is 0.587. The van der Waals surface area contributed by atoms with Gasteiger partial charge in [0.15, 0.2) is 0 Å². The van der Waals surface area contributed by atoms with E-state index in [4.69, 9.17) is 12.2 Å². The standard InChI is InChI=1S/C8H15NS2/c1-6-3-4-9(8(10)11)7(2)5-6/h6-7H,3-5H2,1-2H3,(H,10,11). The van der Waals surface area contributed by atoms with Crippen LogP contribution in [0.25, 0.3) is 0 Å². The first-order valence-corrected chi connectivity index (χ1v) is 4.96. The zero-order chi connectivity index (χ0) is 8.43. The molecule has 0 aromatic carbocycles. The van der Waals surface area contributed by atoms with Crippen molar-refractivity contribution in [3.63, 3.8) is 0 Å². The molecule has 1 aliphatic heterocycles. The Morgan fingerprint density at radius 1 is 1.55 bits per heavy atom. The molecular formula is C8H15NS2. The molecule has 0 spiro atoms. The number of hydrogen-bond acceptors (Lipinski definition) is 1. The van der Waals surface area contributed by atoms with Crippen molar-refractivity contribution >= 4 is 29.2 Å². The Bertz CT molecular complexity index is 158. The van der Waals surface area contributed by atoms with E-state index in [9.17, 15) is 0 Å². The van der Waals surface area contributed by atoms with Crippen LogP contribution in [0.1, 0.15) is 26.7 Å². The molecule has 0 amide bonds. The molecule has 1 rings (SSSR count). The highest BCUT2D eigenvalue weighted by molar-refractivity contribution is 8.10. The fourth-order valence-electron chi connectivity index (χ4n) is 1.69. The van der Waals surface area contributed by atoms with Gasteiger partial charge in [-0.2, -0.15) is 0 Å². The molecule has 1 fully saturated rings. The Hall–Kier alpha value is 0.240. The smallest absolute Gasteiger partial charge is 0.133 e. The van der Waals surface area contributed by atoms with E-state index < -0.39 is 0 Å². The highest BCUT2D eigenvalue weighted by Gasteiger charge is 2.22. The van der Waals surface area contributed by atoms with Gasteiger partial charge >= 0.3 is 0 Å². The van der Waals surface area contributed by atoms with Crippen LogP contribution in [-0.4, -0.2) is 21.8 Å². The first-order valence-electron chi connectivity index (χ1n) is 4.11. The molecule has 0 N–H and O–H groups in total. The van der Waals surface area contributed by atoms with Gasteiger partial charge in [-0.3, -0.25) is 0 Å². The summed E-state index contributed by atoms with van der Waals surface area (Å²) in [6, 6.07) is 0.587. The van der Waals surface area contributed by atoms with E-state index in [1.165, 1.54) is 12.8 Å². The molecule has 0 bridgehead atoms. The van der Waals surface area contributed by atoms with Gasteiger partial charge in [0.1, 0.15) is 4.32 Å². The van der Waals surface area contributed by atoms with Crippen LogP contribution < -0.4 is 0 Å². The van der Waals surface area contributed by atoms with Crippen LogP contribution in [-0.2, 0) is 0 Å². The summed E-state index contributed by atoms with van der Waals surface area (Å²) in [7, 11) is 0. The number of likely N-dealkylation sites (tertiary alicyclic amines) is 1. The lowest BCUT2D eigenvalue weighted by Crippen LogP contribution is -2.41. The van der Waals surface area contributed by atoms with Crippen LogP contribution in [0, 0.1) is 5.92 Å². The number of piperidine rings is 1. The lowest BCUT2D eigenvalue weighted by Gasteiger charge is -2.36. The van der Waals surface area contributed by atoms with E-state index in [2.05, 4.69) is 31.4 Å². The van der Waals surface area contributed by atoms with Crippen molar-refractivity contribution in [2.45, 2.75) is 32.7 Å². The van der Waals surface area contributed by atoms with Crippen molar-refractivity contribution in [3.05, 3.63) is 0 Å². The van der Waals surface area contributed by atoms with Gasteiger partial charge in [0.2, 0.25) is 0 Å². The molecule has 1 saturated heterocycles. The summed E-state index contributed by atoms with van der Waals surface area (Å²) in [5, 5.41) is 0. The monoisotopic (exact) mass is 189 g/mol. The van der Waals surface area contributed by atoms with Crippen LogP contribution in [0.4, 0.5) is 0 Å². The fourth-order valence-corrected chi connectivity index (χ4v) is 2.26. The molecule has 0 aliphatic carbocycles. The predicted octanol–water partition coefficient (Wildman–Crippen LogP) is 2.32. The van der Waals surface area contributed by atoms with Crippen molar-refractivity contribution in [1.29, 1.82) is 0 Å². The predicted molar refractivity (Wildman–Crippen MR) is 56.2 cm³/mol. The number of thiol groups is 1. The Labute approximate surface area is 79.6 Å². The molecule has 0 saturated carbocycles. The number of nitrogens with zero attached hydrogens (tertiary/aromatic N) is 1. The van der Waals surface area contributed by atoms with Gasteiger partial charge in [-0.1, -0.05) is 19.1 Å². The topological polar surface area (TPSA) is 3.24 Å². The zero-order valence-electron chi connectivity index (χ0n) is 7.08. The van der Waals surface area contributed by atoms with E-state index in [1.807, 2.05) is 0 Å². The maximum absolute atomic E-state index is 5.02. The lowest BCUT2D eigenvalue weighted by molar-refractivity contribution is 0.216. The van der Waals surface area contributed by atoms with E-state index in [0.29, 0.717) is 6.04 Å². The summed E-state index contributed by atoms with van der Waals surface area (Å²) >= 11 is 9.21. The molecule has 0 aromatic heterocycles. The number of thiocarbonyl (C=S) groups is 1. The molecule has 1 aliphatic rings. The second kappa shape index (κ2) is 3.76. The van der Waals surface area contributed by atoms with E-state index >= 15 is 0 Å². The van der Waals surface area contributed by atoms with Crippen molar-refractivity contribution in [2.24, 2.45) is 5.92 Å². The maximum Gasteiger partial charge on any atom is 0.133 e. The van der Waals surface area contributed by atoms with Crippen LogP contribution in [0.3, 0.4) is 0 Å². The summed E-state index contributed by atoms with van der Waals surface area (Å²) < 4.78 is 0.754. The molecule has 64 valence electrons. The molecule has 3 heteroatoms. The van der Waals surface area contributed by atoms with Gasteiger partial charge in [0.05, 0.1) is 0 Å². The van der Waals surface area contributed by atoms with Crippen molar-refractivity contribution in [2.75, 3.05) is 6.54 Å². The average Bonchev–Trinajstić information content (AvgIpc) is 1.85. The molecular weight excluding hydrogens is 174 g/mol. The molecule has 0 radical (unpaired) electrons. The normalized spacial score (nSPS) is 32.1. The van der Waals surface area contributed by atoms with Crippen molar-refractivity contribution in [1.82, 2.24) is 4.90 Å². The van der Waals surface area contributed by atoms with E-state index in [-0.39, 0.29) is 0 Å². The highest BCUT2D eigenvalue weighted by Crippen LogP contribution is 2.22. The summed E-state index contributed by atoms with van der Waals surface area (Å²) in [6.45, 7) is 5.61. The first kappa shape index (κ1) is 9.33. The van der Waals surface area contributed by atoms with Gasteiger partial charge in [-0.15, -0.1) is 12.6 Å². The van der Waals surface area contributed by atoms with Crippen LogP contribution >= 0.6 is 24.8 Å². The zero-order valence-corrected chi connectivity index (χ0v) is 8.79. The molecule has 1 nitrogen and oxygen atoms in total. The van der Waals surface area contributed by atoms with E-state index in [0.717, 1.165) is 16.8 Å². The highest BCUT2D eigenvalue weighted by atomic mass is 32.1. The van der Waals surface area contributed by atoms with Gasteiger partial charge in [0.25, 0.3) is 0 Å². The summed E-state index contributed by atoms with van der Waals surface area (Å²) in [5.41, 5.74) is 0. The van der Waals surface area contributed by atoms with Crippen molar-refractivity contribution in [3.8, 4) is 0 Å². The summed E-state index contributed by atoms with van der Waals surface area (Å²) in [4.78, 5) is 2.21. The molecule has 2 atom stereocenters. The third kappa shape index (κ3) is 2.34. The van der Waals surface area contributed by atoms with Crippen LogP contribution in [0.15, 0.2) is 0 Å². The quantitative estimate of drug-likeness (QED) is 0.460. The molecule has 0 aromatic rings. The van der Waals surface area contributed by atoms with Crippen LogP contribution in [0.2, 0.25) is 0 Å². The Balaban J connectivity index is 2.50. The molecule has 2 unspecified atom stereocenters. The summed E-state index contributed by atoms with van der Waals surface area (Å²) in [6.07, 6.45) is 2.51. The molecule has 1 heterocycles. The maximum atomic E-state index is 5.02. The van der Waals surface area contributed by atoms with Gasteiger partial charge in [-0.25, -0.2) is 0 Å². The Morgan fingerprint density at radius 2 is 2.18 bits per heavy atom. The SMILES string of the molecule is CC1CCN(C(=S)S)C(C)C1. The summed E-state index contributed by atoms with van der Waals surface area (Å²) in [5.74, 6) is 0.851. The number of hydrogen-bond donors (Lipinski definition) is 1. The Morgan fingerprint density at radius 3 is 2.64 bits per heavy atom. The largest absolute Gasteiger partial charge is 0.355 e. The Kier molecular flexibility index (Phi) is 3.19. The molecule has 11 heavy (non-hydrogen) atoms. The minimum atomic E-state index is 0.587. The van der Waals surface area contributed by atoms with Gasteiger partial charge in [-0.05, 0) is 25.7 Å². The second-order valence-electron chi connectivity index (χ2n) is 3.45. The lowest BCUT2D eigenvalue weighted by atomic mass is 9.94. The minimum Gasteiger partial charge on any atom is -0.355 e. The van der Waals surface area contributed by atoms with Crippen molar-refractivity contribution < 1.29 is 0 Å². The average molecular weight is 189 g/mol. The first-order chi connectivity index (χ1) is 5.11. The van der Waals surface area contributed by atoms with Gasteiger partial charge in [0, 0.05) is 12.6 Å². The van der Waals surface area contributed by atoms with Crippen LogP contribution in [0.5, 0.6) is 0 Å². The third-order valence-electron chi connectivity index (χ3n) is 2.38. The second-order valence-corrected chi connectivity index (χ2v) is 4.57. The van der Waals surface area contributed by atoms with Gasteiger partial charge < -0.3 is 4.90 Å². The van der Waals surface area contributed by atoms with E-state index in [1.54, 1.807) is 0 Å². The fraction of sp³-hybridized carbons (Fsp3) is 0.875.